The highest BCUT2D eigenvalue weighted by Crippen LogP contribution is 2.19. The number of terminal acetylenes is 1. The van der Waals surface area contributed by atoms with E-state index in [2.05, 4.69) is 11.2 Å². The first-order chi connectivity index (χ1) is 7.10. The standard InChI is InChI=1S/C10H13NO4/c1-2-3-4-8(12)11-10(9(13)14)5-6-15-7-10/h1H,3-7H2,(H,11,12)(H,13,14). The fourth-order valence-electron chi connectivity index (χ4n) is 1.40. The van der Waals surface area contributed by atoms with E-state index in [0.717, 1.165) is 0 Å². The van der Waals surface area contributed by atoms with Gasteiger partial charge in [0.1, 0.15) is 0 Å². The molecular formula is C10H13NO4. The zero-order valence-electron chi connectivity index (χ0n) is 8.28. The smallest absolute Gasteiger partial charge is 0.331 e. The van der Waals surface area contributed by atoms with E-state index in [1.54, 1.807) is 0 Å². The average Bonchev–Trinajstić information content (AvgIpc) is 2.64. The number of carboxylic acids is 1. The first-order valence-corrected chi connectivity index (χ1v) is 4.66. The van der Waals surface area contributed by atoms with Crippen molar-refractivity contribution in [2.45, 2.75) is 24.8 Å². The van der Waals surface area contributed by atoms with Gasteiger partial charge in [-0.05, 0) is 0 Å². The van der Waals surface area contributed by atoms with Crippen LogP contribution in [0.2, 0.25) is 0 Å². The lowest BCUT2D eigenvalue weighted by Crippen LogP contribution is -2.55. The summed E-state index contributed by atoms with van der Waals surface area (Å²) in [6, 6.07) is 0. The van der Waals surface area contributed by atoms with Gasteiger partial charge in [-0.1, -0.05) is 0 Å². The monoisotopic (exact) mass is 211 g/mol. The molecule has 1 fully saturated rings. The van der Waals surface area contributed by atoms with Crippen molar-refractivity contribution >= 4 is 11.9 Å². The molecule has 1 rings (SSSR count). The summed E-state index contributed by atoms with van der Waals surface area (Å²) in [7, 11) is 0. The molecule has 0 bridgehead atoms. The van der Waals surface area contributed by atoms with Crippen molar-refractivity contribution in [2.24, 2.45) is 0 Å². The molecule has 1 atom stereocenters. The van der Waals surface area contributed by atoms with E-state index in [-0.39, 0.29) is 18.9 Å². The van der Waals surface area contributed by atoms with Crippen LogP contribution >= 0.6 is 0 Å². The molecule has 1 aliphatic rings. The van der Waals surface area contributed by atoms with E-state index in [1.807, 2.05) is 0 Å². The van der Waals surface area contributed by atoms with E-state index < -0.39 is 11.5 Å². The SMILES string of the molecule is C#CCCC(=O)NC1(C(=O)O)CCOC1. The van der Waals surface area contributed by atoms with E-state index >= 15 is 0 Å². The Morgan fingerprint density at radius 1 is 1.60 bits per heavy atom. The van der Waals surface area contributed by atoms with E-state index in [9.17, 15) is 9.59 Å². The Hall–Kier alpha value is -1.54. The highest BCUT2D eigenvalue weighted by atomic mass is 16.5. The predicted molar refractivity (Wildman–Crippen MR) is 52.0 cm³/mol. The third-order valence-electron chi connectivity index (χ3n) is 2.31. The molecule has 0 aromatic rings. The van der Waals surface area contributed by atoms with Gasteiger partial charge in [0.25, 0.3) is 0 Å². The van der Waals surface area contributed by atoms with Crippen LogP contribution in [0.3, 0.4) is 0 Å². The van der Waals surface area contributed by atoms with Crippen molar-refractivity contribution in [3.05, 3.63) is 0 Å². The maximum Gasteiger partial charge on any atom is 0.331 e. The number of carbonyl (C=O) groups excluding carboxylic acids is 1. The van der Waals surface area contributed by atoms with Crippen LogP contribution in [-0.2, 0) is 14.3 Å². The molecule has 0 spiro atoms. The number of aliphatic carboxylic acids is 1. The number of hydrogen-bond donors (Lipinski definition) is 2. The van der Waals surface area contributed by atoms with Gasteiger partial charge in [-0.2, -0.15) is 0 Å². The van der Waals surface area contributed by atoms with Crippen molar-refractivity contribution in [1.29, 1.82) is 0 Å². The van der Waals surface area contributed by atoms with Gasteiger partial charge in [0.2, 0.25) is 5.91 Å². The third-order valence-corrected chi connectivity index (χ3v) is 2.31. The number of nitrogens with one attached hydrogen (secondary N) is 1. The zero-order chi connectivity index (χ0) is 11.3. The van der Waals surface area contributed by atoms with Gasteiger partial charge >= 0.3 is 5.97 Å². The summed E-state index contributed by atoms with van der Waals surface area (Å²) in [5.74, 6) is 0.918. The van der Waals surface area contributed by atoms with Crippen LogP contribution in [0, 0.1) is 12.3 Å². The summed E-state index contributed by atoms with van der Waals surface area (Å²) < 4.78 is 4.99. The summed E-state index contributed by atoms with van der Waals surface area (Å²) in [6.07, 6.45) is 5.75. The molecule has 0 aliphatic carbocycles. The molecule has 5 nitrogen and oxygen atoms in total. The van der Waals surface area contributed by atoms with Crippen LogP contribution in [0.5, 0.6) is 0 Å². The molecule has 0 aromatic heterocycles. The van der Waals surface area contributed by atoms with Crippen LogP contribution in [-0.4, -0.2) is 35.7 Å². The first kappa shape index (κ1) is 11.5. The largest absolute Gasteiger partial charge is 0.479 e. The van der Waals surface area contributed by atoms with Crippen LogP contribution < -0.4 is 5.32 Å². The topological polar surface area (TPSA) is 75.6 Å². The second-order valence-corrected chi connectivity index (χ2v) is 3.44. The van der Waals surface area contributed by atoms with Gasteiger partial charge in [0, 0.05) is 25.9 Å². The molecule has 1 amide bonds. The van der Waals surface area contributed by atoms with Gasteiger partial charge < -0.3 is 15.2 Å². The second-order valence-electron chi connectivity index (χ2n) is 3.44. The van der Waals surface area contributed by atoms with Crippen LogP contribution in [0.1, 0.15) is 19.3 Å². The third kappa shape index (κ3) is 2.70. The van der Waals surface area contributed by atoms with E-state index in [1.165, 1.54) is 0 Å². The Balaban J connectivity index is 2.56. The fourth-order valence-corrected chi connectivity index (χ4v) is 1.40. The molecule has 1 saturated heterocycles. The maximum atomic E-state index is 11.3. The summed E-state index contributed by atoms with van der Waals surface area (Å²) >= 11 is 0. The van der Waals surface area contributed by atoms with Gasteiger partial charge in [-0.25, -0.2) is 4.79 Å². The van der Waals surface area contributed by atoms with Crippen LogP contribution in [0.25, 0.3) is 0 Å². The summed E-state index contributed by atoms with van der Waals surface area (Å²) in [6.45, 7) is 0.367. The molecule has 15 heavy (non-hydrogen) atoms. The molecule has 1 heterocycles. The number of carboxylic acid groups (broad SMARTS) is 1. The lowest BCUT2D eigenvalue weighted by molar-refractivity contribution is -0.147. The number of amides is 1. The number of ether oxygens (including phenoxy) is 1. The predicted octanol–water partition coefficient (Wildman–Crippen LogP) is -0.240. The highest BCUT2D eigenvalue weighted by molar-refractivity contribution is 5.87. The van der Waals surface area contributed by atoms with Crippen molar-refractivity contribution in [3.8, 4) is 12.3 Å². The van der Waals surface area contributed by atoms with Crippen LogP contribution in [0.4, 0.5) is 0 Å². The minimum atomic E-state index is -1.26. The zero-order valence-corrected chi connectivity index (χ0v) is 8.28. The maximum absolute atomic E-state index is 11.3. The summed E-state index contributed by atoms with van der Waals surface area (Å²) in [4.78, 5) is 22.3. The molecule has 0 radical (unpaired) electrons. The lowest BCUT2D eigenvalue weighted by Gasteiger charge is -2.23. The van der Waals surface area contributed by atoms with Crippen molar-refractivity contribution < 1.29 is 19.4 Å². The normalized spacial score (nSPS) is 24.5. The number of carbonyl (C=O) groups is 2. The summed E-state index contributed by atoms with van der Waals surface area (Å²) in [5.41, 5.74) is -1.26. The fraction of sp³-hybridized carbons (Fsp3) is 0.600. The molecular weight excluding hydrogens is 198 g/mol. The van der Waals surface area contributed by atoms with Crippen molar-refractivity contribution in [3.63, 3.8) is 0 Å². The molecule has 2 N–H and O–H groups in total. The molecule has 0 saturated carbocycles. The van der Waals surface area contributed by atoms with Crippen LogP contribution in [0.15, 0.2) is 0 Å². The molecule has 0 aromatic carbocycles. The second kappa shape index (κ2) is 4.80. The van der Waals surface area contributed by atoms with E-state index in [4.69, 9.17) is 16.3 Å². The highest BCUT2D eigenvalue weighted by Gasteiger charge is 2.43. The first-order valence-electron chi connectivity index (χ1n) is 4.66. The minimum absolute atomic E-state index is 0.0180. The number of rotatable bonds is 4. The van der Waals surface area contributed by atoms with E-state index in [0.29, 0.717) is 19.4 Å². The average molecular weight is 211 g/mol. The van der Waals surface area contributed by atoms with Crippen molar-refractivity contribution in [2.75, 3.05) is 13.2 Å². The molecule has 5 heteroatoms. The minimum Gasteiger partial charge on any atom is -0.479 e. The Kier molecular flexibility index (Phi) is 3.69. The quantitative estimate of drug-likeness (QED) is 0.629. The summed E-state index contributed by atoms with van der Waals surface area (Å²) in [5, 5.41) is 11.5. The molecule has 1 aliphatic heterocycles. The van der Waals surface area contributed by atoms with Crippen molar-refractivity contribution in [1.82, 2.24) is 5.32 Å². The Bertz CT molecular complexity index is 299. The Morgan fingerprint density at radius 2 is 2.33 bits per heavy atom. The van der Waals surface area contributed by atoms with Gasteiger partial charge in [-0.3, -0.25) is 4.79 Å². The van der Waals surface area contributed by atoms with Gasteiger partial charge in [0.15, 0.2) is 5.54 Å². The van der Waals surface area contributed by atoms with Gasteiger partial charge in [-0.15, -0.1) is 12.3 Å². The Morgan fingerprint density at radius 3 is 2.80 bits per heavy atom. The Labute approximate surface area is 87.8 Å². The molecule has 82 valence electrons. The number of hydrogen-bond acceptors (Lipinski definition) is 3. The van der Waals surface area contributed by atoms with Gasteiger partial charge in [0.05, 0.1) is 6.61 Å². The molecule has 1 unspecified atom stereocenters. The lowest BCUT2D eigenvalue weighted by atomic mass is 9.99.